The zero-order valence-electron chi connectivity index (χ0n) is 8.76. The van der Waals surface area contributed by atoms with Crippen molar-refractivity contribution in [1.82, 2.24) is 0 Å². The molecule has 14 heavy (non-hydrogen) atoms. The molecule has 0 saturated heterocycles. The quantitative estimate of drug-likeness (QED) is 0.811. The van der Waals surface area contributed by atoms with Gasteiger partial charge in [0.1, 0.15) is 0 Å². The van der Waals surface area contributed by atoms with Crippen LogP contribution in [0.2, 0.25) is 5.02 Å². The van der Waals surface area contributed by atoms with E-state index in [2.05, 4.69) is 19.9 Å². The SMILES string of the molecule is CC(C)c1cc(Cl)cc(CCCO)c1. The smallest absolute Gasteiger partial charge is 0.0434 e. The van der Waals surface area contributed by atoms with Crippen molar-refractivity contribution in [1.29, 1.82) is 0 Å². The molecule has 1 rings (SSSR count). The molecule has 1 aromatic rings. The molecule has 2 heteroatoms. The van der Waals surface area contributed by atoms with E-state index in [1.165, 1.54) is 11.1 Å². The number of aliphatic hydroxyl groups excluding tert-OH is 1. The number of hydrogen-bond donors (Lipinski definition) is 1. The molecule has 0 amide bonds. The first-order valence-corrected chi connectivity index (χ1v) is 5.41. The summed E-state index contributed by atoms with van der Waals surface area (Å²) in [5, 5.41) is 9.54. The summed E-state index contributed by atoms with van der Waals surface area (Å²) in [5.41, 5.74) is 2.49. The fraction of sp³-hybridized carbons (Fsp3) is 0.500. The second kappa shape index (κ2) is 5.38. The second-order valence-corrected chi connectivity index (χ2v) is 4.31. The third kappa shape index (κ3) is 3.32. The fourth-order valence-electron chi connectivity index (χ4n) is 1.44. The number of rotatable bonds is 4. The molecule has 78 valence electrons. The van der Waals surface area contributed by atoms with Gasteiger partial charge in [0.15, 0.2) is 0 Å². The largest absolute Gasteiger partial charge is 0.396 e. The minimum atomic E-state index is 0.240. The van der Waals surface area contributed by atoms with Gasteiger partial charge in [-0.1, -0.05) is 31.5 Å². The van der Waals surface area contributed by atoms with Crippen molar-refractivity contribution in [3.63, 3.8) is 0 Å². The van der Waals surface area contributed by atoms with Crippen molar-refractivity contribution in [2.24, 2.45) is 0 Å². The van der Waals surface area contributed by atoms with E-state index in [-0.39, 0.29) is 6.61 Å². The maximum absolute atomic E-state index is 8.74. The van der Waals surface area contributed by atoms with Crippen molar-refractivity contribution in [3.05, 3.63) is 34.3 Å². The number of halogens is 1. The minimum Gasteiger partial charge on any atom is -0.396 e. The molecule has 0 heterocycles. The predicted molar refractivity (Wildman–Crippen MR) is 60.9 cm³/mol. The van der Waals surface area contributed by atoms with Gasteiger partial charge < -0.3 is 5.11 Å². The van der Waals surface area contributed by atoms with Crippen LogP contribution in [0.5, 0.6) is 0 Å². The van der Waals surface area contributed by atoms with E-state index in [0.29, 0.717) is 5.92 Å². The first-order valence-electron chi connectivity index (χ1n) is 5.03. The van der Waals surface area contributed by atoms with Crippen LogP contribution < -0.4 is 0 Å². The lowest BCUT2D eigenvalue weighted by Gasteiger charge is -2.09. The fourth-order valence-corrected chi connectivity index (χ4v) is 1.70. The topological polar surface area (TPSA) is 20.2 Å². The van der Waals surface area contributed by atoms with Gasteiger partial charge in [0, 0.05) is 11.6 Å². The van der Waals surface area contributed by atoms with Gasteiger partial charge >= 0.3 is 0 Å². The summed E-state index contributed by atoms with van der Waals surface area (Å²) in [6.07, 6.45) is 1.70. The van der Waals surface area contributed by atoms with E-state index in [4.69, 9.17) is 16.7 Å². The standard InChI is InChI=1S/C12H17ClO/c1-9(2)11-6-10(4-3-5-14)7-12(13)8-11/h6-9,14H,3-5H2,1-2H3. The van der Waals surface area contributed by atoms with Gasteiger partial charge in [-0.05, 0) is 42.0 Å². The highest BCUT2D eigenvalue weighted by atomic mass is 35.5. The molecule has 1 N–H and O–H groups in total. The summed E-state index contributed by atoms with van der Waals surface area (Å²) in [4.78, 5) is 0. The van der Waals surface area contributed by atoms with Crippen molar-refractivity contribution < 1.29 is 5.11 Å². The summed E-state index contributed by atoms with van der Waals surface area (Å²) < 4.78 is 0. The van der Waals surface area contributed by atoms with Crippen LogP contribution in [0.3, 0.4) is 0 Å². The van der Waals surface area contributed by atoms with Crippen molar-refractivity contribution in [3.8, 4) is 0 Å². The van der Waals surface area contributed by atoms with Gasteiger partial charge in [-0.2, -0.15) is 0 Å². The van der Waals surface area contributed by atoms with Crippen LogP contribution in [0.25, 0.3) is 0 Å². The summed E-state index contributed by atoms with van der Waals surface area (Å²) >= 11 is 6.01. The highest BCUT2D eigenvalue weighted by molar-refractivity contribution is 6.30. The van der Waals surface area contributed by atoms with Gasteiger partial charge in [-0.3, -0.25) is 0 Å². The lowest BCUT2D eigenvalue weighted by atomic mass is 9.99. The van der Waals surface area contributed by atoms with E-state index in [0.717, 1.165) is 17.9 Å². The van der Waals surface area contributed by atoms with E-state index >= 15 is 0 Å². The Labute approximate surface area is 90.7 Å². The molecule has 0 aromatic heterocycles. The average molecular weight is 213 g/mol. The highest BCUT2D eigenvalue weighted by Gasteiger charge is 2.03. The summed E-state index contributed by atoms with van der Waals surface area (Å²) in [5.74, 6) is 0.501. The molecule has 0 aliphatic heterocycles. The Morgan fingerprint density at radius 1 is 1.29 bits per heavy atom. The van der Waals surface area contributed by atoms with Crippen LogP contribution in [0.4, 0.5) is 0 Å². The van der Waals surface area contributed by atoms with Gasteiger partial charge in [0.25, 0.3) is 0 Å². The molecule has 0 fully saturated rings. The lowest BCUT2D eigenvalue weighted by Crippen LogP contribution is -1.93. The Balaban J connectivity index is 2.84. The van der Waals surface area contributed by atoms with Crippen LogP contribution in [-0.4, -0.2) is 11.7 Å². The average Bonchev–Trinajstić information content (AvgIpc) is 2.14. The summed E-state index contributed by atoms with van der Waals surface area (Å²) in [6.45, 7) is 4.55. The van der Waals surface area contributed by atoms with E-state index in [9.17, 15) is 0 Å². The zero-order valence-corrected chi connectivity index (χ0v) is 9.51. The van der Waals surface area contributed by atoms with E-state index < -0.39 is 0 Å². The van der Waals surface area contributed by atoms with E-state index in [1.54, 1.807) is 0 Å². The van der Waals surface area contributed by atoms with Gasteiger partial charge in [0.05, 0.1) is 0 Å². The van der Waals surface area contributed by atoms with Crippen LogP contribution in [0, 0.1) is 0 Å². The zero-order chi connectivity index (χ0) is 10.6. The molecule has 1 nitrogen and oxygen atoms in total. The van der Waals surface area contributed by atoms with Crippen LogP contribution in [0.1, 0.15) is 37.3 Å². The molecule has 1 aromatic carbocycles. The van der Waals surface area contributed by atoms with Crippen LogP contribution in [0.15, 0.2) is 18.2 Å². The molecule has 0 unspecified atom stereocenters. The Kier molecular flexibility index (Phi) is 4.43. The van der Waals surface area contributed by atoms with Gasteiger partial charge in [0.2, 0.25) is 0 Å². The van der Waals surface area contributed by atoms with Crippen LogP contribution >= 0.6 is 11.6 Å². The first-order chi connectivity index (χ1) is 6.63. The second-order valence-electron chi connectivity index (χ2n) is 3.87. The molecule has 0 spiro atoms. The maximum atomic E-state index is 8.74. The van der Waals surface area contributed by atoms with Crippen LogP contribution in [-0.2, 0) is 6.42 Å². The van der Waals surface area contributed by atoms with Gasteiger partial charge in [-0.25, -0.2) is 0 Å². The Morgan fingerprint density at radius 3 is 2.57 bits per heavy atom. The third-order valence-corrected chi connectivity index (χ3v) is 2.49. The number of aliphatic hydroxyl groups is 1. The predicted octanol–water partition coefficient (Wildman–Crippen LogP) is 3.39. The Morgan fingerprint density at radius 2 is 2.00 bits per heavy atom. The van der Waals surface area contributed by atoms with E-state index in [1.807, 2.05) is 12.1 Å². The molecular formula is C12H17ClO. The lowest BCUT2D eigenvalue weighted by molar-refractivity contribution is 0.288. The monoisotopic (exact) mass is 212 g/mol. The molecular weight excluding hydrogens is 196 g/mol. The Hall–Kier alpha value is -0.530. The molecule has 0 aliphatic rings. The minimum absolute atomic E-state index is 0.240. The summed E-state index contributed by atoms with van der Waals surface area (Å²) in [7, 11) is 0. The Bertz CT molecular complexity index is 294. The maximum Gasteiger partial charge on any atom is 0.0434 e. The molecule has 0 atom stereocenters. The normalized spacial score (nSPS) is 10.9. The number of hydrogen-bond acceptors (Lipinski definition) is 1. The molecule has 0 saturated carbocycles. The van der Waals surface area contributed by atoms with Crippen molar-refractivity contribution in [2.75, 3.05) is 6.61 Å². The van der Waals surface area contributed by atoms with Crippen molar-refractivity contribution in [2.45, 2.75) is 32.6 Å². The number of benzene rings is 1. The van der Waals surface area contributed by atoms with Gasteiger partial charge in [-0.15, -0.1) is 0 Å². The molecule has 0 radical (unpaired) electrons. The number of aryl methyl sites for hydroxylation is 1. The molecule has 0 bridgehead atoms. The summed E-state index contributed by atoms with van der Waals surface area (Å²) in [6, 6.07) is 6.16. The molecule has 0 aliphatic carbocycles. The third-order valence-electron chi connectivity index (χ3n) is 2.27. The first kappa shape index (κ1) is 11.5. The highest BCUT2D eigenvalue weighted by Crippen LogP contribution is 2.22. The van der Waals surface area contributed by atoms with Crippen molar-refractivity contribution >= 4 is 11.6 Å².